The van der Waals surface area contributed by atoms with Crippen molar-refractivity contribution in [2.45, 2.75) is 26.4 Å². The Balaban J connectivity index is 1.64. The summed E-state index contributed by atoms with van der Waals surface area (Å²) in [5.41, 5.74) is 7.16. The third kappa shape index (κ3) is 5.01. The number of nitrogens with two attached hydrogens (primary N) is 1. The predicted molar refractivity (Wildman–Crippen MR) is 112 cm³/mol. The number of nitrogens with zero attached hydrogens (tertiary/aromatic N) is 6. The van der Waals surface area contributed by atoms with E-state index in [0.29, 0.717) is 12.6 Å². The lowest BCUT2D eigenvalue weighted by atomic mass is 10.2. The van der Waals surface area contributed by atoms with Gasteiger partial charge in [-0.1, -0.05) is 11.2 Å². The number of ether oxygens (including phenoxy) is 1. The number of hydrogen-bond donors (Lipinski definition) is 1. The highest BCUT2D eigenvalue weighted by Gasteiger charge is 2.19. The molecule has 0 saturated carbocycles. The first-order chi connectivity index (χ1) is 13.5. The number of rotatable bonds is 8. The Kier molecular flexibility index (Phi) is 6.88. The summed E-state index contributed by atoms with van der Waals surface area (Å²) in [6.07, 6.45) is 0. The average Bonchev–Trinajstić information content (AvgIpc) is 3.10. The highest BCUT2D eigenvalue weighted by atomic mass is 16.5. The highest BCUT2D eigenvalue weighted by molar-refractivity contribution is 5.51. The molecule has 2 heterocycles. The van der Waals surface area contributed by atoms with Gasteiger partial charge >= 0.3 is 6.01 Å². The van der Waals surface area contributed by atoms with Crippen LogP contribution in [0.4, 0.5) is 5.69 Å². The topological polar surface area (TPSA) is 75.7 Å². The monoisotopic (exact) mass is 387 g/mol. The van der Waals surface area contributed by atoms with Crippen molar-refractivity contribution in [2.24, 2.45) is 5.73 Å². The lowest BCUT2D eigenvalue weighted by Crippen LogP contribution is -2.48. The van der Waals surface area contributed by atoms with E-state index in [-0.39, 0.29) is 6.04 Å². The standard InChI is InChI=1S/C20H33N7O/c1-5-27-19(16(2)21)22-23-20(27)28-18-8-6-7-17(15-18)26-13-11-25(12-14-26)10-9-24(3)4/h6-8,15-16H,5,9-14,21H2,1-4H3/t16-/m1/s1. The van der Waals surface area contributed by atoms with E-state index in [1.165, 1.54) is 5.69 Å². The van der Waals surface area contributed by atoms with E-state index in [4.69, 9.17) is 10.5 Å². The van der Waals surface area contributed by atoms with Crippen LogP contribution in [0.25, 0.3) is 0 Å². The van der Waals surface area contributed by atoms with Gasteiger partial charge in [-0.05, 0) is 40.1 Å². The second kappa shape index (κ2) is 9.36. The van der Waals surface area contributed by atoms with Crippen molar-refractivity contribution in [3.05, 3.63) is 30.1 Å². The first-order valence-corrected chi connectivity index (χ1v) is 10.1. The predicted octanol–water partition coefficient (Wildman–Crippen LogP) is 1.79. The van der Waals surface area contributed by atoms with E-state index in [2.05, 4.69) is 51.1 Å². The first-order valence-electron chi connectivity index (χ1n) is 10.1. The van der Waals surface area contributed by atoms with Crippen molar-refractivity contribution in [2.75, 3.05) is 58.3 Å². The molecule has 8 nitrogen and oxygen atoms in total. The van der Waals surface area contributed by atoms with Crippen molar-refractivity contribution in [1.29, 1.82) is 0 Å². The summed E-state index contributed by atoms with van der Waals surface area (Å²) in [7, 11) is 4.25. The van der Waals surface area contributed by atoms with Crippen molar-refractivity contribution < 1.29 is 4.74 Å². The molecule has 8 heteroatoms. The average molecular weight is 388 g/mol. The summed E-state index contributed by atoms with van der Waals surface area (Å²) >= 11 is 0. The molecule has 1 aliphatic rings. The molecule has 2 aromatic rings. The van der Waals surface area contributed by atoms with E-state index in [9.17, 15) is 0 Å². The molecule has 0 unspecified atom stereocenters. The lowest BCUT2D eigenvalue weighted by Gasteiger charge is -2.36. The number of aromatic nitrogens is 3. The molecule has 1 aliphatic heterocycles. The fourth-order valence-corrected chi connectivity index (χ4v) is 3.43. The van der Waals surface area contributed by atoms with Gasteiger partial charge in [-0.15, -0.1) is 5.10 Å². The summed E-state index contributed by atoms with van der Waals surface area (Å²) in [5.74, 6) is 1.51. The smallest absolute Gasteiger partial charge is 0.322 e. The van der Waals surface area contributed by atoms with Crippen LogP contribution in [0.2, 0.25) is 0 Å². The molecule has 154 valence electrons. The number of hydrogen-bond acceptors (Lipinski definition) is 7. The van der Waals surface area contributed by atoms with Gasteiger partial charge in [0.15, 0.2) is 5.82 Å². The molecule has 28 heavy (non-hydrogen) atoms. The van der Waals surface area contributed by atoms with Crippen LogP contribution >= 0.6 is 0 Å². The fraction of sp³-hybridized carbons (Fsp3) is 0.600. The molecular weight excluding hydrogens is 354 g/mol. The third-order valence-electron chi connectivity index (χ3n) is 5.10. The van der Waals surface area contributed by atoms with Gasteiger partial charge < -0.3 is 20.3 Å². The van der Waals surface area contributed by atoms with Crippen LogP contribution < -0.4 is 15.4 Å². The van der Waals surface area contributed by atoms with Gasteiger partial charge in [0, 0.05) is 57.6 Å². The molecule has 1 aromatic heterocycles. The van der Waals surface area contributed by atoms with Crippen molar-refractivity contribution in [3.8, 4) is 11.8 Å². The van der Waals surface area contributed by atoms with Gasteiger partial charge in [0.2, 0.25) is 0 Å². The van der Waals surface area contributed by atoms with Crippen LogP contribution in [0.5, 0.6) is 11.8 Å². The van der Waals surface area contributed by atoms with Gasteiger partial charge in [-0.2, -0.15) is 0 Å². The largest absolute Gasteiger partial charge is 0.424 e. The van der Waals surface area contributed by atoms with E-state index in [0.717, 1.165) is 50.8 Å². The number of anilines is 1. The van der Waals surface area contributed by atoms with Gasteiger partial charge in [0.25, 0.3) is 0 Å². The molecule has 1 fully saturated rings. The second-order valence-electron chi connectivity index (χ2n) is 7.61. The van der Waals surface area contributed by atoms with E-state index >= 15 is 0 Å². The molecule has 1 saturated heterocycles. The van der Waals surface area contributed by atoms with Gasteiger partial charge in [0.1, 0.15) is 5.75 Å². The summed E-state index contributed by atoms with van der Waals surface area (Å²) in [4.78, 5) is 7.17. The molecule has 0 spiro atoms. The Labute approximate surface area is 167 Å². The minimum atomic E-state index is -0.181. The molecule has 0 aliphatic carbocycles. The minimum Gasteiger partial charge on any atom is -0.424 e. The third-order valence-corrected chi connectivity index (χ3v) is 5.10. The zero-order valence-electron chi connectivity index (χ0n) is 17.5. The summed E-state index contributed by atoms with van der Waals surface area (Å²) in [5, 5.41) is 8.35. The van der Waals surface area contributed by atoms with Crippen LogP contribution in [-0.2, 0) is 6.54 Å². The Morgan fingerprint density at radius 1 is 1.18 bits per heavy atom. The molecule has 1 atom stereocenters. The number of likely N-dealkylation sites (N-methyl/N-ethyl adjacent to an activating group) is 1. The van der Waals surface area contributed by atoms with Crippen LogP contribution in [0, 0.1) is 0 Å². The van der Waals surface area contributed by atoms with Crippen LogP contribution in [0.1, 0.15) is 25.7 Å². The van der Waals surface area contributed by atoms with Crippen LogP contribution in [0.15, 0.2) is 24.3 Å². The fourth-order valence-electron chi connectivity index (χ4n) is 3.43. The van der Waals surface area contributed by atoms with Crippen LogP contribution in [-0.4, -0.2) is 77.9 Å². The van der Waals surface area contributed by atoms with Gasteiger partial charge in [0.05, 0.1) is 6.04 Å². The Bertz CT molecular complexity index is 751. The molecule has 2 N–H and O–H groups in total. The zero-order valence-corrected chi connectivity index (χ0v) is 17.5. The molecule has 0 bridgehead atoms. The normalized spacial score (nSPS) is 16.6. The maximum Gasteiger partial charge on any atom is 0.322 e. The number of piperazine rings is 1. The molecule has 1 aromatic carbocycles. The summed E-state index contributed by atoms with van der Waals surface area (Å²) < 4.78 is 7.96. The maximum absolute atomic E-state index is 6.04. The molecule has 0 amide bonds. The molecular formula is C20H33N7O. The van der Waals surface area contributed by atoms with E-state index in [1.54, 1.807) is 0 Å². The SMILES string of the molecule is CCn1c(Oc2cccc(N3CCN(CCN(C)C)CC3)c2)nnc1[C@@H](C)N. The minimum absolute atomic E-state index is 0.181. The lowest BCUT2D eigenvalue weighted by molar-refractivity contribution is 0.229. The number of benzene rings is 1. The van der Waals surface area contributed by atoms with Gasteiger partial charge in [-0.25, -0.2) is 0 Å². The highest BCUT2D eigenvalue weighted by Crippen LogP contribution is 2.27. The van der Waals surface area contributed by atoms with Crippen LogP contribution in [0.3, 0.4) is 0 Å². The Hall–Kier alpha value is -2.16. The summed E-state index contributed by atoms with van der Waals surface area (Å²) in [6.45, 7) is 11.1. The van der Waals surface area contributed by atoms with Gasteiger partial charge in [-0.3, -0.25) is 9.47 Å². The van der Waals surface area contributed by atoms with Crippen molar-refractivity contribution in [3.63, 3.8) is 0 Å². The van der Waals surface area contributed by atoms with Crippen molar-refractivity contribution in [1.82, 2.24) is 24.6 Å². The Morgan fingerprint density at radius 3 is 2.57 bits per heavy atom. The Morgan fingerprint density at radius 2 is 1.93 bits per heavy atom. The quantitative estimate of drug-likeness (QED) is 0.740. The second-order valence-corrected chi connectivity index (χ2v) is 7.61. The first kappa shape index (κ1) is 20.6. The summed E-state index contributed by atoms with van der Waals surface area (Å²) in [6, 6.07) is 8.51. The van der Waals surface area contributed by atoms with E-state index < -0.39 is 0 Å². The molecule has 0 radical (unpaired) electrons. The molecule has 3 rings (SSSR count). The van der Waals surface area contributed by atoms with Crippen molar-refractivity contribution >= 4 is 5.69 Å². The maximum atomic E-state index is 6.04. The zero-order chi connectivity index (χ0) is 20.1. The van der Waals surface area contributed by atoms with E-state index in [1.807, 2.05) is 30.5 Å².